The Balaban J connectivity index is 2.06. The Labute approximate surface area is 101 Å². The van der Waals surface area contributed by atoms with Crippen molar-refractivity contribution in [2.75, 3.05) is 6.54 Å². The topological polar surface area (TPSA) is 3.24 Å². The molecular weight excluding hydrogens is 214 g/mol. The Morgan fingerprint density at radius 2 is 2.06 bits per heavy atom. The summed E-state index contributed by atoms with van der Waals surface area (Å²) in [6.07, 6.45) is 1.22. The van der Waals surface area contributed by atoms with Gasteiger partial charge in [0.2, 0.25) is 0 Å². The second kappa shape index (κ2) is 3.86. The normalized spacial score (nSPS) is 16.9. The van der Waals surface area contributed by atoms with E-state index >= 15 is 0 Å². The van der Waals surface area contributed by atoms with Crippen LogP contribution < -0.4 is 0 Å². The molecule has 0 spiro atoms. The minimum absolute atomic E-state index is 0.665. The summed E-state index contributed by atoms with van der Waals surface area (Å²) in [5.74, 6) is 0. The average Bonchev–Trinajstić information content (AvgIpc) is 2.66. The molecule has 16 heavy (non-hydrogen) atoms. The summed E-state index contributed by atoms with van der Waals surface area (Å²) in [5.41, 5.74) is 1.61. The van der Waals surface area contributed by atoms with Gasteiger partial charge in [-0.25, -0.2) is 0 Å². The zero-order chi connectivity index (χ0) is 11.1. The number of hydrogen-bond donors (Lipinski definition) is 0. The third kappa shape index (κ3) is 1.57. The van der Waals surface area contributed by atoms with E-state index < -0.39 is 0 Å². The van der Waals surface area contributed by atoms with Crippen LogP contribution in [0.3, 0.4) is 0 Å². The lowest BCUT2D eigenvalue weighted by Gasteiger charge is -2.30. The Kier molecular flexibility index (Phi) is 2.49. The molecule has 0 amide bonds. The molecule has 1 aromatic carbocycles. The molecule has 2 aromatic rings. The molecule has 0 N–H and O–H groups in total. The molecule has 0 saturated carbocycles. The first-order valence-corrected chi connectivity index (χ1v) is 6.80. The highest BCUT2D eigenvalue weighted by Gasteiger charge is 2.21. The van der Waals surface area contributed by atoms with Crippen LogP contribution in [0.2, 0.25) is 0 Å². The monoisotopic (exact) mass is 231 g/mol. The number of nitrogens with zero attached hydrogens (tertiary/aromatic N) is 1. The minimum Gasteiger partial charge on any atom is -0.296 e. The second-order valence-electron chi connectivity index (χ2n) is 4.81. The summed E-state index contributed by atoms with van der Waals surface area (Å²) < 4.78 is 1.46. The smallest absolute Gasteiger partial charge is 0.0349 e. The number of fused-ring (bicyclic) bond motifs is 3. The molecule has 2 heteroatoms. The van der Waals surface area contributed by atoms with Gasteiger partial charge in [0.1, 0.15) is 0 Å². The van der Waals surface area contributed by atoms with Crippen molar-refractivity contribution in [1.82, 2.24) is 4.90 Å². The molecule has 0 fully saturated rings. The van der Waals surface area contributed by atoms with Crippen LogP contribution in [0.5, 0.6) is 0 Å². The van der Waals surface area contributed by atoms with Gasteiger partial charge in [0.25, 0.3) is 0 Å². The fraction of sp³-hybridized carbons (Fsp3) is 0.429. The van der Waals surface area contributed by atoms with Crippen molar-refractivity contribution in [2.45, 2.75) is 32.9 Å². The first-order chi connectivity index (χ1) is 7.75. The largest absolute Gasteiger partial charge is 0.296 e. The maximum absolute atomic E-state index is 2.57. The van der Waals surface area contributed by atoms with Crippen molar-refractivity contribution in [2.24, 2.45) is 0 Å². The fourth-order valence-electron chi connectivity index (χ4n) is 2.51. The van der Waals surface area contributed by atoms with Crippen molar-refractivity contribution in [1.29, 1.82) is 0 Å². The lowest BCUT2D eigenvalue weighted by molar-refractivity contribution is 0.206. The van der Waals surface area contributed by atoms with E-state index in [9.17, 15) is 0 Å². The molecule has 1 nitrogen and oxygen atoms in total. The molecule has 0 atom stereocenters. The lowest BCUT2D eigenvalue weighted by atomic mass is 10.0. The van der Waals surface area contributed by atoms with E-state index in [1.807, 2.05) is 11.3 Å². The fourth-order valence-corrected chi connectivity index (χ4v) is 3.79. The van der Waals surface area contributed by atoms with Gasteiger partial charge in [0.05, 0.1) is 0 Å². The van der Waals surface area contributed by atoms with Crippen molar-refractivity contribution in [3.05, 3.63) is 34.7 Å². The Morgan fingerprint density at radius 1 is 1.25 bits per heavy atom. The molecule has 0 aliphatic carbocycles. The van der Waals surface area contributed by atoms with Crippen LogP contribution in [-0.4, -0.2) is 17.5 Å². The summed E-state index contributed by atoms with van der Waals surface area (Å²) in [7, 11) is 0. The first-order valence-electron chi connectivity index (χ1n) is 5.99. The maximum Gasteiger partial charge on any atom is 0.0349 e. The van der Waals surface area contributed by atoms with Gasteiger partial charge in [0.15, 0.2) is 0 Å². The molecule has 1 aliphatic rings. The second-order valence-corrected chi connectivity index (χ2v) is 5.95. The highest BCUT2D eigenvalue weighted by molar-refractivity contribution is 7.19. The van der Waals surface area contributed by atoms with Gasteiger partial charge in [-0.1, -0.05) is 18.2 Å². The predicted molar refractivity (Wildman–Crippen MR) is 71.1 cm³/mol. The van der Waals surface area contributed by atoms with Gasteiger partial charge in [-0.2, -0.15) is 0 Å². The Morgan fingerprint density at radius 3 is 2.88 bits per heavy atom. The number of benzene rings is 1. The number of rotatable bonds is 1. The van der Waals surface area contributed by atoms with E-state index in [-0.39, 0.29) is 0 Å². The molecular formula is C14H17NS. The number of thiophene rings is 1. The van der Waals surface area contributed by atoms with Crippen LogP contribution in [-0.2, 0) is 13.0 Å². The Hall–Kier alpha value is -0.860. The lowest BCUT2D eigenvalue weighted by Crippen LogP contribution is -2.35. The molecule has 0 bridgehead atoms. The van der Waals surface area contributed by atoms with Crippen molar-refractivity contribution < 1.29 is 0 Å². The van der Waals surface area contributed by atoms with E-state index in [2.05, 4.69) is 43.0 Å². The molecule has 1 aliphatic heterocycles. The van der Waals surface area contributed by atoms with Crippen molar-refractivity contribution in [3.63, 3.8) is 0 Å². The summed E-state index contributed by atoms with van der Waals surface area (Å²) in [4.78, 5) is 4.15. The summed E-state index contributed by atoms with van der Waals surface area (Å²) in [6.45, 7) is 6.94. The van der Waals surface area contributed by atoms with Crippen molar-refractivity contribution in [3.8, 4) is 0 Å². The molecule has 3 rings (SSSR count). The predicted octanol–water partition coefficient (Wildman–Crippen LogP) is 3.67. The molecule has 0 saturated heterocycles. The summed E-state index contributed by atoms with van der Waals surface area (Å²) in [6, 6.07) is 9.49. The van der Waals surface area contributed by atoms with Crippen LogP contribution in [0, 0.1) is 0 Å². The summed E-state index contributed by atoms with van der Waals surface area (Å²) >= 11 is 1.98. The van der Waals surface area contributed by atoms with Crippen LogP contribution in [0.15, 0.2) is 24.3 Å². The van der Waals surface area contributed by atoms with Crippen LogP contribution >= 0.6 is 11.3 Å². The summed E-state index contributed by atoms with van der Waals surface area (Å²) in [5, 5.41) is 1.49. The molecule has 1 aromatic heterocycles. The van der Waals surface area contributed by atoms with Gasteiger partial charge in [0, 0.05) is 28.7 Å². The minimum atomic E-state index is 0.665. The van der Waals surface area contributed by atoms with Gasteiger partial charge in [-0.3, -0.25) is 4.90 Å². The molecule has 2 heterocycles. The first kappa shape index (κ1) is 10.3. The van der Waals surface area contributed by atoms with Crippen LogP contribution in [0.4, 0.5) is 0 Å². The molecule has 0 unspecified atom stereocenters. The van der Waals surface area contributed by atoms with E-state index in [4.69, 9.17) is 0 Å². The zero-order valence-electron chi connectivity index (χ0n) is 9.86. The van der Waals surface area contributed by atoms with E-state index in [1.54, 1.807) is 10.4 Å². The Bertz CT molecular complexity index is 512. The SMILES string of the molecule is CC(C)N1CCc2c(sc3ccccc23)C1. The highest BCUT2D eigenvalue weighted by Crippen LogP contribution is 2.35. The standard InChI is InChI=1S/C14H17NS/c1-10(2)15-8-7-12-11-5-3-4-6-13(11)16-14(12)9-15/h3-6,10H,7-9H2,1-2H3. The molecule has 0 radical (unpaired) electrons. The average molecular weight is 231 g/mol. The van der Waals surface area contributed by atoms with E-state index in [0.29, 0.717) is 6.04 Å². The van der Waals surface area contributed by atoms with Gasteiger partial charge < -0.3 is 0 Å². The van der Waals surface area contributed by atoms with Crippen LogP contribution in [0.1, 0.15) is 24.3 Å². The van der Waals surface area contributed by atoms with Crippen molar-refractivity contribution >= 4 is 21.4 Å². The quantitative estimate of drug-likeness (QED) is 0.724. The van der Waals surface area contributed by atoms with Gasteiger partial charge in [-0.05, 0) is 37.3 Å². The van der Waals surface area contributed by atoms with E-state index in [0.717, 1.165) is 6.54 Å². The van der Waals surface area contributed by atoms with Crippen LogP contribution in [0.25, 0.3) is 10.1 Å². The maximum atomic E-state index is 2.57. The van der Waals surface area contributed by atoms with Gasteiger partial charge >= 0.3 is 0 Å². The van der Waals surface area contributed by atoms with E-state index in [1.165, 1.54) is 23.1 Å². The number of hydrogen-bond acceptors (Lipinski definition) is 2. The third-order valence-corrected chi connectivity index (χ3v) is 4.71. The van der Waals surface area contributed by atoms with Gasteiger partial charge in [-0.15, -0.1) is 11.3 Å². The molecule has 84 valence electrons. The highest BCUT2D eigenvalue weighted by atomic mass is 32.1. The zero-order valence-corrected chi connectivity index (χ0v) is 10.7. The third-order valence-electron chi connectivity index (χ3n) is 3.51.